The van der Waals surface area contributed by atoms with Gasteiger partial charge in [-0.3, -0.25) is 0 Å². The minimum absolute atomic E-state index is 0.159. The molecule has 0 spiro atoms. The van der Waals surface area contributed by atoms with Crippen molar-refractivity contribution in [2.24, 2.45) is 0 Å². The lowest BCUT2D eigenvalue weighted by Crippen LogP contribution is -2.11. The largest absolute Gasteiger partial charge is 0.459 e. The highest BCUT2D eigenvalue weighted by molar-refractivity contribution is 7.20. The van der Waals surface area contributed by atoms with E-state index in [2.05, 4.69) is 48.2 Å². The van der Waals surface area contributed by atoms with E-state index in [4.69, 9.17) is 4.74 Å². The highest BCUT2D eigenvalue weighted by atomic mass is 32.1. The van der Waals surface area contributed by atoms with Gasteiger partial charge in [-0.1, -0.05) is 17.7 Å². The van der Waals surface area contributed by atoms with Crippen LogP contribution >= 0.6 is 11.3 Å². The van der Waals surface area contributed by atoms with E-state index in [0.717, 1.165) is 32.6 Å². The number of nitrogens with zero attached hydrogens (tertiary/aromatic N) is 2. The van der Waals surface area contributed by atoms with Gasteiger partial charge in [0.1, 0.15) is 21.9 Å². The number of anilines is 2. The number of hydrogen-bond donors (Lipinski definition) is 1. The third-order valence-electron chi connectivity index (χ3n) is 4.18. The third-order valence-corrected chi connectivity index (χ3v) is 5.36. The number of hydrogen-bond acceptors (Lipinski definition) is 6. The predicted molar refractivity (Wildman–Crippen MR) is 107 cm³/mol. The maximum atomic E-state index is 12.4. The molecule has 136 valence electrons. The Balaban J connectivity index is 2.08. The van der Waals surface area contributed by atoms with Gasteiger partial charge in [0.05, 0.1) is 11.5 Å². The molecule has 0 atom stereocenters. The molecule has 0 aliphatic heterocycles. The molecule has 3 rings (SSSR count). The van der Waals surface area contributed by atoms with E-state index in [9.17, 15) is 4.79 Å². The SMILES string of the molecule is Cc1cc(C)c(Nc2ncnc3sc(C(=O)OC(C)C)c(C)c23)c(C)c1. The van der Waals surface area contributed by atoms with Gasteiger partial charge in [-0.25, -0.2) is 14.8 Å². The molecule has 0 saturated heterocycles. The second-order valence-electron chi connectivity index (χ2n) is 6.81. The van der Waals surface area contributed by atoms with Crippen molar-refractivity contribution in [3.05, 3.63) is 45.6 Å². The summed E-state index contributed by atoms with van der Waals surface area (Å²) in [6, 6.07) is 4.28. The number of carbonyl (C=O) groups is 1. The molecule has 1 N–H and O–H groups in total. The van der Waals surface area contributed by atoms with Crippen molar-refractivity contribution in [3.8, 4) is 0 Å². The Morgan fingerprint density at radius 1 is 1.12 bits per heavy atom. The van der Waals surface area contributed by atoms with Crippen LogP contribution < -0.4 is 5.32 Å². The van der Waals surface area contributed by atoms with Crippen molar-refractivity contribution < 1.29 is 9.53 Å². The Morgan fingerprint density at radius 3 is 2.38 bits per heavy atom. The molecule has 26 heavy (non-hydrogen) atoms. The van der Waals surface area contributed by atoms with Gasteiger partial charge in [0, 0.05) is 5.69 Å². The van der Waals surface area contributed by atoms with Gasteiger partial charge in [-0.05, 0) is 58.2 Å². The van der Waals surface area contributed by atoms with E-state index in [0.29, 0.717) is 10.7 Å². The van der Waals surface area contributed by atoms with Gasteiger partial charge in [0.2, 0.25) is 0 Å². The van der Waals surface area contributed by atoms with E-state index in [-0.39, 0.29) is 12.1 Å². The summed E-state index contributed by atoms with van der Waals surface area (Å²) >= 11 is 1.34. The lowest BCUT2D eigenvalue weighted by Gasteiger charge is -2.14. The normalized spacial score (nSPS) is 11.2. The van der Waals surface area contributed by atoms with Crippen LogP contribution in [0.25, 0.3) is 10.2 Å². The van der Waals surface area contributed by atoms with Gasteiger partial charge >= 0.3 is 5.97 Å². The van der Waals surface area contributed by atoms with Crippen LogP contribution in [0.15, 0.2) is 18.5 Å². The van der Waals surface area contributed by atoms with Crippen LogP contribution in [0.1, 0.15) is 45.8 Å². The number of aromatic nitrogens is 2. The lowest BCUT2D eigenvalue weighted by atomic mass is 10.0. The first-order valence-corrected chi connectivity index (χ1v) is 9.39. The summed E-state index contributed by atoms with van der Waals surface area (Å²) in [4.78, 5) is 22.5. The lowest BCUT2D eigenvalue weighted by molar-refractivity contribution is 0.0383. The second-order valence-corrected chi connectivity index (χ2v) is 7.81. The minimum Gasteiger partial charge on any atom is -0.459 e. The Bertz CT molecular complexity index is 969. The summed E-state index contributed by atoms with van der Waals surface area (Å²) in [6.07, 6.45) is 1.37. The molecule has 0 aliphatic rings. The number of fused-ring (bicyclic) bond motifs is 1. The third kappa shape index (κ3) is 3.42. The fourth-order valence-electron chi connectivity index (χ4n) is 3.12. The Hall–Kier alpha value is -2.47. The number of rotatable bonds is 4. The summed E-state index contributed by atoms with van der Waals surface area (Å²) in [5.74, 6) is 0.400. The zero-order valence-electron chi connectivity index (χ0n) is 15.9. The molecular weight excluding hydrogens is 346 g/mol. The van der Waals surface area contributed by atoms with Crippen molar-refractivity contribution in [2.75, 3.05) is 5.32 Å². The quantitative estimate of drug-likeness (QED) is 0.638. The smallest absolute Gasteiger partial charge is 0.348 e. The first kappa shape index (κ1) is 18.3. The Morgan fingerprint density at radius 2 is 1.77 bits per heavy atom. The molecule has 0 radical (unpaired) electrons. The van der Waals surface area contributed by atoms with Gasteiger partial charge < -0.3 is 10.1 Å². The standard InChI is InChI=1S/C20H23N3O2S/c1-10(2)25-20(24)17-14(6)15-18(21-9-22-19(15)26-17)23-16-12(4)7-11(3)8-13(16)5/h7-10H,1-6H3,(H,21,22,23). The van der Waals surface area contributed by atoms with Gasteiger partial charge in [0.25, 0.3) is 0 Å². The molecule has 0 bridgehead atoms. The topological polar surface area (TPSA) is 64.1 Å². The zero-order chi connectivity index (χ0) is 19.0. The van der Waals surface area contributed by atoms with E-state index < -0.39 is 0 Å². The molecule has 0 saturated carbocycles. The van der Waals surface area contributed by atoms with Crippen LogP contribution in [0.2, 0.25) is 0 Å². The molecule has 2 heterocycles. The van der Waals surface area contributed by atoms with Crippen molar-refractivity contribution in [1.29, 1.82) is 0 Å². The maximum Gasteiger partial charge on any atom is 0.348 e. The molecule has 1 aromatic carbocycles. The van der Waals surface area contributed by atoms with Crippen LogP contribution in [0, 0.1) is 27.7 Å². The van der Waals surface area contributed by atoms with Gasteiger partial charge in [0.15, 0.2) is 0 Å². The van der Waals surface area contributed by atoms with E-state index in [1.165, 1.54) is 23.2 Å². The highest BCUT2D eigenvalue weighted by Gasteiger charge is 2.21. The number of carbonyl (C=O) groups excluding carboxylic acids is 1. The summed E-state index contributed by atoms with van der Waals surface area (Å²) in [5, 5.41) is 4.32. The van der Waals surface area contributed by atoms with Crippen molar-refractivity contribution in [3.63, 3.8) is 0 Å². The van der Waals surface area contributed by atoms with E-state index in [1.54, 1.807) is 0 Å². The number of thiophene rings is 1. The molecule has 3 aromatic rings. The monoisotopic (exact) mass is 369 g/mol. The maximum absolute atomic E-state index is 12.4. The Labute approximate surface area is 157 Å². The molecule has 0 unspecified atom stereocenters. The number of nitrogens with one attached hydrogen (secondary N) is 1. The van der Waals surface area contributed by atoms with Crippen LogP contribution in [0.3, 0.4) is 0 Å². The van der Waals surface area contributed by atoms with Crippen LogP contribution in [0.4, 0.5) is 11.5 Å². The number of esters is 1. The second kappa shape index (κ2) is 7.03. The van der Waals surface area contributed by atoms with E-state index >= 15 is 0 Å². The minimum atomic E-state index is -0.311. The summed E-state index contributed by atoms with van der Waals surface area (Å²) in [6.45, 7) is 11.8. The molecular formula is C20H23N3O2S. The van der Waals surface area contributed by atoms with Crippen molar-refractivity contribution >= 4 is 39.0 Å². The van der Waals surface area contributed by atoms with Crippen LogP contribution in [-0.2, 0) is 4.74 Å². The van der Waals surface area contributed by atoms with Crippen molar-refractivity contribution in [2.45, 2.75) is 47.6 Å². The number of benzene rings is 1. The van der Waals surface area contributed by atoms with Gasteiger partial charge in [-0.2, -0.15) is 0 Å². The number of aryl methyl sites for hydroxylation is 4. The number of ether oxygens (including phenoxy) is 1. The molecule has 0 aliphatic carbocycles. The predicted octanol–water partition coefficient (Wildman–Crippen LogP) is 5.23. The molecule has 2 aromatic heterocycles. The summed E-state index contributed by atoms with van der Waals surface area (Å²) in [5.41, 5.74) is 5.42. The van der Waals surface area contributed by atoms with E-state index in [1.807, 2.05) is 20.8 Å². The summed E-state index contributed by atoms with van der Waals surface area (Å²) < 4.78 is 5.36. The molecule has 0 amide bonds. The van der Waals surface area contributed by atoms with Crippen LogP contribution in [0.5, 0.6) is 0 Å². The average Bonchev–Trinajstić information content (AvgIpc) is 2.88. The molecule has 5 nitrogen and oxygen atoms in total. The first-order chi connectivity index (χ1) is 12.3. The fourth-order valence-corrected chi connectivity index (χ4v) is 4.16. The molecule has 6 heteroatoms. The summed E-state index contributed by atoms with van der Waals surface area (Å²) in [7, 11) is 0. The van der Waals surface area contributed by atoms with Crippen LogP contribution in [-0.4, -0.2) is 22.0 Å². The van der Waals surface area contributed by atoms with Crippen molar-refractivity contribution in [1.82, 2.24) is 9.97 Å². The zero-order valence-corrected chi connectivity index (χ0v) is 16.7. The Kier molecular flexibility index (Phi) is 4.96. The average molecular weight is 369 g/mol. The first-order valence-electron chi connectivity index (χ1n) is 8.58. The fraction of sp³-hybridized carbons (Fsp3) is 0.350. The van der Waals surface area contributed by atoms with Gasteiger partial charge in [-0.15, -0.1) is 11.3 Å². The molecule has 0 fully saturated rings. The highest BCUT2D eigenvalue weighted by Crippen LogP contribution is 2.36.